The zero-order valence-corrected chi connectivity index (χ0v) is 10.3. The maximum absolute atomic E-state index is 13.0. The number of amides is 1. The summed E-state index contributed by atoms with van der Waals surface area (Å²) in [5.74, 6) is -0.520. The van der Waals surface area contributed by atoms with E-state index in [0.717, 1.165) is 0 Å². The third kappa shape index (κ3) is 2.57. The van der Waals surface area contributed by atoms with Gasteiger partial charge in [0, 0.05) is 5.56 Å². The van der Waals surface area contributed by atoms with Crippen LogP contribution in [0, 0.1) is 5.82 Å². The van der Waals surface area contributed by atoms with E-state index in [2.05, 4.69) is 15.5 Å². The predicted molar refractivity (Wildman–Crippen MR) is 67.1 cm³/mol. The lowest BCUT2D eigenvalue weighted by Crippen LogP contribution is -1.99. The van der Waals surface area contributed by atoms with Crippen molar-refractivity contribution in [3.8, 4) is 11.3 Å². The first-order valence-electron chi connectivity index (χ1n) is 4.80. The third-order valence-corrected chi connectivity index (χ3v) is 2.75. The van der Waals surface area contributed by atoms with Crippen LogP contribution in [0.3, 0.4) is 0 Å². The lowest BCUT2D eigenvalue weighted by molar-refractivity contribution is -0.105. The number of nitrogens with zero attached hydrogens (tertiary/aromatic N) is 2. The number of hydrogen-bond acceptors (Lipinski definition) is 3. The summed E-state index contributed by atoms with van der Waals surface area (Å²) in [6.07, 6.45) is 0.477. The van der Waals surface area contributed by atoms with Gasteiger partial charge in [0.05, 0.1) is 16.4 Å². The molecule has 0 spiro atoms. The van der Waals surface area contributed by atoms with E-state index in [1.165, 1.54) is 24.3 Å². The van der Waals surface area contributed by atoms with Crippen LogP contribution in [0.15, 0.2) is 24.3 Å². The monoisotopic (exact) mass is 285 g/mol. The average molecular weight is 286 g/mol. The Morgan fingerprint density at radius 3 is 2.67 bits per heavy atom. The van der Waals surface area contributed by atoms with E-state index in [9.17, 15) is 9.18 Å². The number of carbonyl (C=O) groups excluding carboxylic acids is 1. The van der Waals surface area contributed by atoms with Gasteiger partial charge in [-0.3, -0.25) is 4.79 Å². The van der Waals surface area contributed by atoms with Crippen molar-refractivity contribution < 1.29 is 9.18 Å². The molecule has 92 valence electrons. The highest BCUT2D eigenvalue weighted by atomic mass is 35.5. The van der Waals surface area contributed by atoms with E-state index in [-0.39, 0.29) is 10.2 Å². The van der Waals surface area contributed by atoms with Crippen molar-refractivity contribution in [2.45, 2.75) is 0 Å². The van der Waals surface area contributed by atoms with Gasteiger partial charge in [-0.05, 0) is 24.3 Å². The highest BCUT2D eigenvalue weighted by molar-refractivity contribution is 6.32. The summed E-state index contributed by atoms with van der Waals surface area (Å²) in [6.45, 7) is 0. The van der Waals surface area contributed by atoms with Crippen molar-refractivity contribution in [2.24, 2.45) is 0 Å². The summed E-state index contributed by atoms with van der Waals surface area (Å²) in [4.78, 5) is 10.4. The van der Waals surface area contributed by atoms with Crippen LogP contribution >= 0.6 is 23.2 Å². The lowest BCUT2D eigenvalue weighted by Gasteiger charge is -2.05. The second-order valence-electron chi connectivity index (χ2n) is 3.33. The van der Waals surface area contributed by atoms with Crippen LogP contribution in [0.2, 0.25) is 10.2 Å². The van der Waals surface area contributed by atoms with Gasteiger partial charge in [-0.2, -0.15) is 0 Å². The van der Waals surface area contributed by atoms with Gasteiger partial charge in [0.2, 0.25) is 6.41 Å². The Balaban J connectivity index is 2.47. The van der Waals surface area contributed by atoms with Crippen molar-refractivity contribution in [1.29, 1.82) is 0 Å². The molecule has 7 heteroatoms. The number of benzene rings is 1. The Morgan fingerprint density at radius 1 is 1.22 bits per heavy atom. The Hall–Kier alpha value is -1.72. The Morgan fingerprint density at radius 2 is 2.00 bits per heavy atom. The Bertz CT molecular complexity index is 607. The van der Waals surface area contributed by atoms with E-state index >= 15 is 0 Å². The molecule has 1 N–H and O–H groups in total. The highest BCUT2D eigenvalue weighted by Crippen LogP contribution is 2.27. The summed E-state index contributed by atoms with van der Waals surface area (Å²) in [6, 6.07) is 5.66. The quantitative estimate of drug-likeness (QED) is 0.882. The molecule has 1 aromatic heterocycles. The van der Waals surface area contributed by atoms with Gasteiger partial charge in [-0.15, -0.1) is 10.2 Å². The van der Waals surface area contributed by atoms with Crippen molar-refractivity contribution in [2.75, 3.05) is 5.32 Å². The van der Waals surface area contributed by atoms with Crippen molar-refractivity contribution >= 4 is 35.3 Å². The fraction of sp³-hybridized carbons (Fsp3) is 0. The molecule has 0 saturated heterocycles. The minimum Gasteiger partial charge on any atom is -0.326 e. The molecule has 1 aromatic carbocycles. The molecule has 0 bridgehead atoms. The second kappa shape index (κ2) is 5.29. The number of anilines is 1. The maximum Gasteiger partial charge on any atom is 0.211 e. The van der Waals surface area contributed by atoms with E-state index in [1.807, 2.05) is 0 Å². The van der Waals surface area contributed by atoms with Crippen LogP contribution < -0.4 is 5.32 Å². The predicted octanol–water partition coefficient (Wildman–Crippen LogP) is 3.16. The number of aromatic nitrogens is 2. The maximum atomic E-state index is 13.0. The Kier molecular flexibility index (Phi) is 3.74. The third-order valence-electron chi connectivity index (χ3n) is 2.18. The van der Waals surface area contributed by atoms with Crippen molar-refractivity contribution in [1.82, 2.24) is 10.2 Å². The first-order valence-corrected chi connectivity index (χ1v) is 5.56. The second-order valence-corrected chi connectivity index (χ2v) is 4.09. The number of nitrogens with one attached hydrogen (secondary N) is 1. The molecule has 2 aromatic rings. The van der Waals surface area contributed by atoms with Crippen LogP contribution in [-0.2, 0) is 4.79 Å². The van der Waals surface area contributed by atoms with Crippen LogP contribution in [0.25, 0.3) is 11.3 Å². The van der Waals surface area contributed by atoms with Crippen LogP contribution in [-0.4, -0.2) is 16.6 Å². The zero-order chi connectivity index (χ0) is 13.1. The summed E-state index contributed by atoms with van der Waals surface area (Å²) in [5, 5.41) is 9.97. The fourth-order valence-corrected chi connectivity index (χ4v) is 1.67. The number of hydrogen-bond donors (Lipinski definition) is 1. The summed E-state index contributed by atoms with van der Waals surface area (Å²) in [7, 11) is 0. The molecule has 0 radical (unpaired) electrons. The normalized spacial score (nSPS) is 10.2. The van der Waals surface area contributed by atoms with Gasteiger partial charge < -0.3 is 5.32 Å². The van der Waals surface area contributed by atoms with Crippen LogP contribution in [0.5, 0.6) is 0 Å². The molecule has 0 aliphatic rings. The van der Waals surface area contributed by atoms with E-state index in [4.69, 9.17) is 23.2 Å². The largest absolute Gasteiger partial charge is 0.326 e. The molecule has 0 unspecified atom stereocenters. The topological polar surface area (TPSA) is 54.9 Å². The smallest absolute Gasteiger partial charge is 0.211 e. The molecule has 0 atom stereocenters. The van der Waals surface area contributed by atoms with Gasteiger partial charge in [0.25, 0.3) is 0 Å². The number of halogens is 3. The minimum absolute atomic E-state index is 0.0193. The molecule has 1 heterocycles. The molecule has 0 saturated carbocycles. The first kappa shape index (κ1) is 12.7. The summed E-state index contributed by atoms with van der Waals surface area (Å²) in [5.41, 5.74) is 1.31. The fourth-order valence-electron chi connectivity index (χ4n) is 1.34. The summed E-state index contributed by atoms with van der Waals surface area (Å²) < 4.78 is 13.0. The van der Waals surface area contributed by atoms with E-state index in [0.29, 0.717) is 23.4 Å². The van der Waals surface area contributed by atoms with E-state index < -0.39 is 5.82 Å². The van der Waals surface area contributed by atoms with Gasteiger partial charge in [-0.1, -0.05) is 23.2 Å². The van der Waals surface area contributed by atoms with Crippen molar-refractivity contribution in [3.05, 3.63) is 40.3 Å². The zero-order valence-electron chi connectivity index (χ0n) is 8.82. The molecule has 0 aliphatic carbocycles. The Labute approximate surface area is 112 Å². The standard InChI is InChI=1S/C11H6Cl2FN3O/c12-7-3-6(1-2-8(7)14)9-4-10(15-5-18)11(13)17-16-9/h1-5H,(H,15,16,18). The SMILES string of the molecule is O=CNc1cc(-c2ccc(F)c(Cl)c2)nnc1Cl. The number of carbonyl (C=O) groups is 1. The van der Waals surface area contributed by atoms with E-state index in [1.54, 1.807) is 0 Å². The summed E-state index contributed by atoms with van der Waals surface area (Å²) >= 11 is 11.4. The van der Waals surface area contributed by atoms with Crippen LogP contribution in [0.4, 0.5) is 10.1 Å². The molecular formula is C11H6Cl2FN3O. The van der Waals surface area contributed by atoms with Crippen molar-refractivity contribution in [3.63, 3.8) is 0 Å². The van der Waals surface area contributed by atoms with Gasteiger partial charge in [-0.25, -0.2) is 4.39 Å². The lowest BCUT2D eigenvalue weighted by atomic mass is 10.1. The highest BCUT2D eigenvalue weighted by Gasteiger charge is 2.08. The molecule has 1 amide bonds. The van der Waals surface area contributed by atoms with Crippen LogP contribution in [0.1, 0.15) is 0 Å². The molecule has 4 nitrogen and oxygen atoms in total. The number of rotatable bonds is 3. The minimum atomic E-state index is -0.520. The van der Waals surface area contributed by atoms with Gasteiger partial charge in [0.1, 0.15) is 5.82 Å². The average Bonchev–Trinajstić information content (AvgIpc) is 2.36. The van der Waals surface area contributed by atoms with Gasteiger partial charge in [0.15, 0.2) is 5.15 Å². The molecule has 0 fully saturated rings. The molecule has 18 heavy (non-hydrogen) atoms. The molecule has 2 rings (SSSR count). The molecule has 0 aliphatic heterocycles. The first-order chi connectivity index (χ1) is 8.61. The van der Waals surface area contributed by atoms with Gasteiger partial charge >= 0.3 is 0 Å². The molecular weight excluding hydrogens is 280 g/mol.